The third-order valence-electron chi connectivity index (χ3n) is 13.4. The lowest BCUT2D eigenvalue weighted by atomic mass is 10.0. The predicted molar refractivity (Wildman–Crippen MR) is 293 cm³/mol. The summed E-state index contributed by atoms with van der Waals surface area (Å²) in [7, 11) is 0. The molecule has 0 aliphatic heterocycles. The third-order valence-corrected chi connectivity index (χ3v) is 13.4. The van der Waals surface area contributed by atoms with Crippen LogP contribution in [0, 0.1) is 0 Å². The number of unbranched alkanes of at least 4 members (excludes halogenated alkanes) is 38. The van der Waals surface area contributed by atoms with Gasteiger partial charge in [-0.15, -0.1) is 0 Å². The molecule has 0 aromatic carbocycles. The molecule has 0 heterocycles. The van der Waals surface area contributed by atoms with Gasteiger partial charge in [-0.05, 0) is 64.2 Å². The molecule has 0 amide bonds. The minimum atomic E-state index is -0.796. The molecule has 0 aliphatic carbocycles. The minimum Gasteiger partial charge on any atom is -0.462 e. The number of ether oxygens (including phenoxy) is 3. The normalized spacial score (nSPS) is 12.2. The van der Waals surface area contributed by atoms with Crippen LogP contribution >= 0.6 is 0 Å². The van der Waals surface area contributed by atoms with E-state index in [1.54, 1.807) is 0 Å². The molecule has 0 N–H and O–H groups in total. The van der Waals surface area contributed by atoms with Crippen molar-refractivity contribution in [3.63, 3.8) is 0 Å². The molecule has 0 bridgehead atoms. The second-order valence-corrected chi connectivity index (χ2v) is 20.3. The van der Waals surface area contributed by atoms with Crippen LogP contribution in [0.15, 0.2) is 36.5 Å². The number of carbonyl (C=O) groups is 3. The summed E-state index contributed by atoms with van der Waals surface area (Å²) in [5, 5.41) is 0. The molecule has 0 rings (SSSR count). The molecule has 0 aromatic rings. The first-order chi connectivity index (χ1) is 33.5. The highest BCUT2D eigenvalue weighted by atomic mass is 16.6. The molecule has 6 heteroatoms. The average Bonchev–Trinajstić information content (AvgIpc) is 3.34. The van der Waals surface area contributed by atoms with Crippen LogP contribution in [-0.2, 0) is 28.6 Å². The number of hydrogen-bond acceptors (Lipinski definition) is 6. The highest BCUT2D eigenvalue weighted by Gasteiger charge is 2.19. The van der Waals surface area contributed by atoms with Gasteiger partial charge >= 0.3 is 17.9 Å². The average molecular weight is 956 g/mol. The highest BCUT2D eigenvalue weighted by molar-refractivity contribution is 5.71. The Bertz CT molecular complexity index is 1140. The maximum atomic E-state index is 12.9. The smallest absolute Gasteiger partial charge is 0.306 e. The van der Waals surface area contributed by atoms with Crippen molar-refractivity contribution >= 4 is 17.9 Å². The van der Waals surface area contributed by atoms with Crippen molar-refractivity contribution in [1.29, 1.82) is 0 Å². The molecule has 0 aliphatic rings. The minimum absolute atomic E-state index is 0.0887. The van der Waals surface area contributed by atoms with E-state index in [4.69, 9.17) is 14.2 Å². The Hall–Kier alpha value is -2.37. The van der Waals surface area contributed by atoms with Crippen LogP contribution in [0.2, 0.25) is 0 Å². The Balaban J connectivity index is 4.36. The Morgan fingerprint density at radius 2 is 0.559 bits per heavy atom. The van der Waals surface area contributed by atoms with Crippen molar-refractivity contribution in [2.45, 2.75) is 329 Å². The zero-order chi connectivity index (χ0) is 49.3. The molecular weight excluding hydrogens is 841 g/mol. The number of rotatable bonds is 55. The van der Waals surface area contributed by atoms with Crippen LogP contribution in [0.4, 0.5) is 0 Å². The summed E-state index contributed by atoms with van der Waals surface area (Å²) in [6.07, 6.45) is 68.7. The monoisotopic (exact) mass is 955 g/mol. The Labute approximate surface area is 423 Å². The quantitative estimate of drug-likeness (QED) is 0.0262. The Morgan fingerprint density at radius 1 is 0.294 bits per heavy atom. The van der Waals surface area contributed by atoms with E-state index in [0.29, 0.717) is 19.3 Å². The van der Waals surface area contributed by atoms with E-state index < -0.39 is 6.10 Å². The fourth-order valence-corrected chi connectivity index (χ4v) is 8.85. The van der Waals surface area contributed by atoms with Crippen molar-refractivity contribution in [3.05, 3.63) is 36.5 Å². The molecule has 0 radical (unpaired) electrons. The number of hydrogen-bond donors (Lipinski definition) is 0. The van der Waals surface area contributed by atoms with Crippen LogP contribution in [0.3, 0.4) is 0 Å². The lowest BCUT2D eigenvalue weighted by Gasteiger charge is -2.18. The van der Waals surface area contributed by atoms with Crippen LogP contribution in [0.25, 0.3) is 0 Å². The molecule has 1 unspecified atom stereocenters. The van der Waals surface area contributed by atoms with Gasteiger partial charge in [-0.3, -0.25) is 14.4 Å². The van der Waals surface area contributed by atoms with Gasteiger partial charge in [0.2, 0.25) is 0 Å². The zero-order valence-corrected chi connectivity index (χ0v) is 45.6. The van der Waals surface area contributed by atoms with E-state index in [2.05, 4.69) is 51.2 Å². The number of carbonyl (C=O) groups excluding carboxylic acids is 3. The molecule has 0 aromatic heterocycles. The molecule has 68 heavy (non-hydrogen) atoms. The molecule has 0 fully saturated rings. The van der Waals surface area contributed by atoms with Gasteiger partial charge in [0.05, 0.1) is 0 Å². The van der Waals surface area contributed by atoms with Crippen molar-refractivity contribution in [3.8, 4) is 0 Å². The first-order valence-electron chi connectivity index (χ1n) is 30.0. The van der Waals surface area contributed by atoms with Gasteiger partial charge in [-0.2, -0.15) is 0 Å². The van der Waals surface area contributed by atoms with Gasteiger partial charge in [-0.1, -0.05) is 276 Å². The van der Waals surface area contributed by atoms with Gasteiger partial charge in [0.15, 0.2) is 6.10 Å². The maximum absolute atomic E-state index is 12.9. The van der Waals surface area contributed by atoms with Crippen molar-refractivity contribution in [2.24, 2.45) is 0 Å². The second kappa shape index (κ2) is 57.2. The fourth-order valence-electron chi connectivity index (χ4n) is 8.85. The first kappa shape index (κ1) is 65.6. The standard InChI is InChI=1S/C62H114O6/c1-4-7-10-13-16-19-22-25-27-29-31-33-34-37-40-43-46-49-52-55-61(64)67-58-59(57-66-60(63)54-51-48-45-42-39-36-24-21-18-15-12-9-6-3)68-62(65)56-53-50-47-44-41-38-35-32-30-28-26-23-20-17-14-11-8-5-2/h32,35-36,39,45,48,59H,4-31,33-34,37-38,40-44,46-47,49-58H2,1-3H3/b35-32-,39-36-,48-45-. The van der Waals surface area contributed by atoms with Gasteiger partial charge < -0.3 is 14.2 Å². The summed E-state index contributed by atoms with van der Waals surface area (Å²) < 4.78 is 16.8. The van der Waals surface area contributed by atoms with E-state index in [9.17, 15) is 14.4 Å². The Kier molecular flexibility index (Phi) is 55.2. The zero-order valence-electron chi connectivity index (χ0n) is 45.6. The summed E-state index contributed by atoms with van der Waals surface area (Å²) in [4.78, 5) is 38.1. The van der Waals surface area contributed by atoms with E-state index in [1.807, 2.05) is 6.08 Å². The molecule has 398 valence electrons. The first-order valence-corrected chi connectivity index (χ1v) is 30.0. The lowest BCUT2D eigenvalue weighted by molar-refractivity contribution is -0.166. The van der Waals surface area contributed by atoms with Crippen LogP contribution < -0.4 is 0 Å². The summed E-state index contributed by atoms with van der Waals surface area (Å²) in [5.41, 5.74) is 0. The highest BCUT2D eigenvalue weighted by Crippen LogP contribution is 2.17. The molecule has 0 saturated heterocycles. The van der Waals surface area contributed by atoms with Crippen LogP contribution in [0.1, 0.15) is 323 Å². The molecule has 1 atom stereocenters. The van der Waals surface area contributed by atoms with E-state index in [1.165, 1.54) is 212 Å². The third kappa shape index (κ3) is 54.6. The molecule has 6 nitrogen and oxygen atoms in total. The second-order valence-electron chi connectivity index (χ2n) is 20.3. The van der Waals surface area contributed by atoms with E-state index in [0.717, 1.165) is 64.2 Å². The SMILES string of the molecule is CCCCCCCC/C=C\C/C=C\CCC(=O)OCC(COC(=O)CCCCCCCCCCCCCCCCCCCCC)OC(=O)CCCCCCC/C=C\CCCCCCCCCCC. The molecule has 0 spiro atoms. The summed E-state index contributed by atoms with van der Waals surface area (Å²) >= 11 is 0. The van der Waals surface area contributed by atoms with Crippen LogP contribution in [0.5, 0.6) is 0 Å². The number of esters is 3. The number of allylic oxidation sites excluding steroid dienone is 6. The summed E-state index contributed by atoms with van der Waals surface area (Å²) in [5.74, 6) is -0.949. The van der Waals surface area contributed by atoms with Gasteiger partial charge in [0, 0.05) is 19.3 Å². The largest absolute Gasteiger partial charge is 0.462 e. The van der Waals surface area contributed by atoms with Crippen molar-refractivity contribution in [2.75, 3.05) is 13.2 Å². The van der Waals surface area contributed by atoms with Crippen molar-refractivity contribution in [1.82, 2.24) is 0 Å². The summed E-state index contributed by atoms with van der Waals surface area (Å²) in [6, 6.07) is 0. The van der Waals surface area contributed by atoms with Gasteiger partial charge in [0.1, 0.15) is 13.2 Å². The maximum Gasteiger partial charge on any atom is 0.306 e. The van der Waals surface area contributed by atoms with Crippen molar-refractivity contribution < 1.29 is 28.6 Å². The van der Waals surface area contributed by atoms with Gasteiger partial charge in [0.25, 0.3) is 0 Å². The van der Waals surface area contributed by atoms with E-state index >= 15 is 0 Å². The Morgan fingerprint density at radius 3 is 0.912 bits per heavy atom. The fraction of sp³-hybridized carbons (Fsp3) is 0.855. The van der Waals surface area contributed by atoms with Crippen LogP contribution in [-0.4, -0.2) is 37.2 Å². The molecule has 0 saturated carbocycles. The summed E-state index contributed by atoms with van der Waals surface area (Å²) in [6.45, 7) is 6.62. The van der Waals surface area contributed by atoms with E-state index in [-0.39, 0.29) is 37.5 Å². The molecular formula is C62H114O6. The lowest BCUT2D eigenvalue weighted by Crippen LogP contribution is -2.30. The van der Waals surface area contributed by atoms with Gasteiger partial charge in [-0.25, -0.2) is 0 Å². The predicted octanol–water partition coefficient (Wildman–Crippen LogP) is 20.0. The topological polar surface area (TPSA) is 78.9 Å².